The smallest absolute Gasteiger partial charge is 0.408 e. The molecule has 0 saturated heterocycles. The Morgan fingerprint density at radius 1 is 1.42 bits per heavy atom. The highest BCUT2D eigenvalue weighted by Gasteiger charge is 2.37. The van der Waals surface area contributed by atoms with Crippen molar-refractivity contribution in [2.45, 2.75) is 29.7 Å². The number of carbonyl (C=O) groups is 1. The van der Waals surface area contributed by atoms with Gasteiger partial charge in [0.05, 0.1) is 0 Å². The maximum Gasteiger partial charge on any atom is 0.408 e. The van der Waals surface area contributed by atoms with Gasteiger partial charge >= 0.3 is 11.9 Å². The first kappa shape index (κ1) is 23.2. The van der Waals surface area contributed by atoms with Crippen molar-refractivity contribution in [1.82, 2.24) is 20.2 Å². The standard InChI is InChI=1S/C17H18Cl3N5O6/c1-10-21-8-14(25(27)28)24(10)6-7-29-16(26)23-15(17(18,19)20)22-13-9-30-11-4-2-3-5-12(11)31-13/h2-5,8,13,15,22H,6-7,9H2,1H3,(H,23,26)/t13-,15+/m0/s1. The third-order valence-electron chi connectivity index (χ3n) is 4.22. The van der Waals surface area contributed by atoms with Gasteiger partial charge in [-0.15, -0.1) is 0 Å². The third-order valence-corrected chi connectivity index (χ3v) is 4.87. The Balaban J connectivity index is 1.55. The Hall–Kier alpha value is -2.47. The first-order valence-corrected chi connectivity index (χ1v) is 10.1. The minimum absolute atomic E-state index is 0.0256. The van der Waals surface area contributed by atoms with Crippen LogP contribution >= 0.6 is 34.8 Å². The summed E-state index contributed by atoms with van der Waals surface area (Å²) in [6.45, 7) is 1.56. The molecule has 14 heteroatoms. The van der Waals surface area contributed by atoms with Gasteiger partial charge in [-0.05, 0) is 17.1 Å². The number of amides is 1. The van der Waals surface area contributed by atoms with E-state index in [0.29, 0.717) is 17.3 Å². The normalized spacial score (nSPS) is 16.5. The highest BCUT2D eigenvalue weighted by Crippen LogP contribution is 2.32. The van der Waals surface area contributed by atoms with Gasteiger partial charge in [0.2, 0.25) is 3.79 Å². The monoisotopic (exact) mass is 493 g/mol. The first-order valence-electron chi connectivity index (χ1n) is 8.96. The summed E-state index contributed by atoms with van der Waals surface area (Å²) in [7, 11) is 0. The summed E-state index contributed by atoms with van der Waals surface area (Å²) in [5.74, 6) is 1.26. The number of aromatic nitrogens is 2. The number of alkyl halides is 3. The number of para-hydroxylation sites is 2. The number of benzene rings is 1. The molecule has 3 rings (SSSR count). The summed E-state index contributed by atoms with van der Waals surface area (Å²) in [6, 6.07) is 7.04. The van der Waals surface area contributed by atoms with Crippen LogP contribution in [0, 0.1) is 17.0 Å². The lowest BCUT2D eigenvalue weighted by Crippen LogP contribution is -2.59. The van der Waals surface area contributed by atoms with Crippen LogP contribution in [0.5, 0.6) is 11.5 Å². The zero-order valence-electron chi connectivity index (χ0n) is 16.1. The van der Waals surface area contributed by atoms with Crippen LogP contribution in [0.4, 0.5) is 10.6 Å². The summed E-state index contributed by atoms with van der Waals surface area (Å²) < 4.78 is 15.7. The third kappa shape index (κ3) is 6.03. The van der Waals surface area contributed by atoms with Crippen LogP contribution in [0.3, 0.4) is 0 Å². The van der Waals surface area contributed by atoms with E-state index in [1.807, 2.05) is 0 Å². The SMILES string of the molecule is Cc1ncc([N+](=O)[O-])n1CCOC(=O)N[C@@H](N[C@@H]1COc2ccccc2O1)C(Cl)(Cl)Cl. The Morgan fingerprint density at radius 3 is 2.81 bits per heavy atom. The number of imidazole rings is 1. The van der Waals surface area contributed by atoms with Crippen molar-refractivity contribution in [1.29, 1.82) is 0 Å². The molecule has 0 bridgehead atoms. The van der Waals surface area contributed by atoms with Crippen molar-refractivity contribution < 1.29 is 23.9 Å². The number of ether oxygens (including phenoxy) is 3. The number of carbonyl (C=O) groups excluding carboxylic acids is 1. The molecule has 11 nitrogen and oxygen atoms in total. The van der Waals surface area contributed by atoms with Gasteiger partial charge in [-0.3, -0.25) is 5.32 Å². The second-order valence-corrected chi connectivity index (χ2v) is 8.73. The van der Waals surface area contributed by atoms with Crippen LogP contribution in [0.2, 0.25) is 0 Å². The molecule has 0 aliphatic carbocycles. The molecule has 1 amide bonds. The largest absolute Gasteiger partial charge is 0.484 e. The number of rotatable bonds is 7. The molecule has 2 aromatic rings. The fraction of sp³-hybridized carbons (Fsp3) is 0.412. The number of hydrogen-bond donors (Lipinski definition) is 2. The van der Waals surface area contributed by atoms with E-state index in [9.17, 15) is 14.9 Å². The van der Waals surface area contributed by atoms with E-state index in [4.69, 9.17) is 49.0 Å². The van der Waals surface area contributed by atoms with E-state index < -0.39 is 27.2 Å². The molecule has 0 saturated carbocycles. The minimum atomic E-state index is -1.95. The average Bonchev–Trinajstić information content (AvgIpc) is 3.07. The molecule has 1 aromatic carbocycles. The Morgan fingerprint density at radius 2 is 2.13 bits per heavy atom. The molecule has 31 heavy (non-hydrogen) atoms. The van der Waals surface area contributed by atoms with Crippen LogP contribution in [0.1, 0.15) is 5.82 Å². The number of aryl methyl sites for hydroxylation is 1. The summed E-state index contributed by atoms with van der Waals surface area (Å²) in [5, 5.41) is 16.2. The lowest BCUT2D eigenvalue weighted by molar-refractivity contribution is -0.392. The topological polar surface area (TPSA) is 130 Å². The van der Waals surface area contributed by atoms with E-state index in [2.05, 4.69) is 15.6 Å². The predicted octanol–water partition coefficient (Wildman–Crippen LogP) is 2.91. The summed E-state index contributed by atoms with van der Waals surface area (Å²) in [5.41, 5.74) is 0. The van der Waals surface area contributed by atoms with Gasteiger partial charge in [0, 0.05) is 6.92 Å². The van der Waals surface area contributed by atoms with Gasteiger partial charge < -0.3 is 29.6 Å². The van der Waals surface area contributed by atoms with E-state index in [1.165, 1.54) is 4.57 Å². The molecule has 0 spiro atoms. The average molecular weight is 495 g/mol. The Labute approximate surface area is 191 Å². The number of halogens is 3. The van der Waals surface area contributed by atoms with E-state index in [0.717, 1.165) is 6.20 Å². The van der Waals surface area contributed by atoms with E-state index >= 15 is 0 Å². The Bertz CT molecular complexity index is 951. The van der Waals surface area contributed by atoms with Gasteiger partial charge in [0.1, 0.15) is 32.1 Å². The van der Waals surface area contributed by atoms with Gasteiger partial charge in [0.25, 0.3) is 0 Å². The lowest BCUT2D eigenvalue weighted by atomic mass is 10.3. The molecular formula is C17H18Cl3N5O6. The second kappa shape index (κ2) is 9.77. The van der Waals surface area contributed by atoms with Crippen LogP contribution < -0.4 is 20.1 Å². The second-order valence-electron chi connectivity index (χ2n) is 6.36. The molecule has 2 atom stereocenters. The van der Waals surface area contributed by atoms with Crippen molar-refractivity contribution in [3.63, 3.8) is 0 Å². The molecule has 1 aromatic heterocycles. The summed E-state index contributed by atoms with van der Waals surface area (Å²) in [4.78, 5) is 26.5. The maximum absolute atomic E-state index is 12.2. The molecule has 0 fully saturated rings. The zero-order valence-corrected chi connectivity index (χ0v) is 18.4. The maximum atomic E-state index is 12.2. The fourth-order valence-electron chi connectivity index (χ4n) is 2.77. The predicted molar refractivity (Wildman–Crippen MR) is 112 cm³/mol. The number of nitro groups is 1. The molecule has 2 heterocycles. The van der Waals surface area contributed by atoms with Crippen LogP contribution in [0.15, 0.2) is 30.5 Å². The van der Waals surface area contributed by atoms with E-state index in [-0.39, 0.29) is 25.6 Å². The molecular weight excluding hydrogens is 477 g/mol. The molecule has 0 radical (unpaired) electrons. The van der Waals surface area contributed by atoms with Gasteiger partial charge in [-0.25, -0.2) is 14.3 Å². The highest BCUT2D eigenvalue weighted by atomic mass is 35.6. The quantitative estimate of drug-likeness (QED) is 0.260. The number of fused-ring (bicyclic) bond motifs is 1. The van der Waals surface area contributed by atoms with E-state index in [1.54, 1.807) is 31.2 Å². The molecule has 0 unspecified atom stereocenters. The first-order chi connectivity index (χ1) is 14.6. The highest BCUT2D eigenvalue weighted by molar-refractivity contribution is 6.68. The zero-order chi connectivity index (χ0) is 22.6. The van der Waals surface area contributed by atoms with Gasteiger partial charge in [-0.1, -0.05) is 46.9 Å². The van der Waals surface area contributed by atoms with Crippen LogP contribution in [-0.4, -0.2) is 50.0 Å². The van der Waals surface area contributed by atoms with Crippen LogP contribution in [0.25, 0.3) is 0 Å². The lowest BCUT2D eigenvalue weighted by Gasteiger charge is -2.33. The van der Waals surface area contributed by atoms with Gasteiger partial charge in [-0.2, -0.15) is 0 Å². The minimum Gasteiger partial charge on any atom is -0.484 e. The number of alkyl carbamates (subject to hydrolysis) is 1. The number of nitrogens with zero attached hydrogens (tertiary/aromatic N) is 3. The van der Waals surface area contributed by atoms with Crippen LogP contribution in [-0.2, 0) is 11.3 Å². The number of nitrogens with one attached hydrogen (secondary N) is 2. The molecule has 168 valence electrons. The molecule has 2 N–H and O–H groups in total. The van der Waals surface area contributed by atoms with Crippen molar-refractivity contribution in [3.05, 3.63) is 46.4 Å². The van der Waals surface area contributed by atoms with Crippen molar-refractivity contribution in [2.24, 2.45) is 0 Å². The molecule has 1 aliphatic heterocycles. The van der Waals surface area contributed by atoms with Crippen molar-refractivity contribution >= 4 is 46.7 Å². The van der Waals surface area contributed by atoms with Crippen molar-refractivity contribution in [2.75, 3.05) is 13.2 Å². The fourth-order valence-corrected chi connectivity index (χ4v) is 3.13. The molecule has 1 aliphatic rings. The van der Waals surface area contributed by atoms with Crippen molar-refractivity contribution in [3.8, 4) is 11.5 Å². The number of hydrogen-bond acceptors (Lipinski definition) is 8. The Kier molecular flexibility index (Phi) is 7.31. The van der Waals surface area contributed by atoms with Gasteiger partial charge in [0.15, 0.2) is 23.6 Å². The summed E-state index contributed by atoms with van der Waals surface area (Å²) >= 11 is 17.9. The summed E-state index contributed by atoms with van der Waals surface area (Å²) in [6.07, 6.45) is -1.68.